The highest BCUT2D eigenvalue weighted by atomic mass is 35.5. The number of nitrogens with zero attached hydrogens (tertiary/aromatic N) is 4. The number of aromatic nitrogens is 4. The fraction of sp³-hybridized carbons (Fsp3) is 0.407. The maximum absolute atomic E-state index is 12.6. The molecule has 2 aromatic heterocycles. The second-order valence-corrected chi connectivity index (χ2v) is 34.9. The predicted octanol–water partition coefficient (Wildman–Crippen LogP) is 17.5. The van der Waals surface area contributed by atoms with E-state index in [1.807, 2.05) is 109 Å². The molecule has 122 heavy (non-hydrogen) atoms. The Bertz CT molecular complexity index is 4890. The molecule has 2 heterocycles. The van der Waals surface area contributed by atoms with Crippen LogP contribution in [0.2, 0.25) is 0 Å². The molecule has 9 rings (SSSR count). The minimum Gasteiger partial charge on any atom is -0.494 e. The van der Waals surface area contributed by atoms with Crippen LogP contribution in [0.5, 0.6) is 17.2 Å². The van der Waals surface area contributed by atoms with Crippen LogP contribution in [0.3, 0.4) is 0 Å². The fourth-order valence-electron chi connectivity index (χ4n) is 10.9. The molecule has 0 fully saturated rings. The topological polar surface area (TPSA) is 425 Å². The lowest BCUT2D eigenvalue weighted by atomic mass is 9.85. The number of hydrogen-bond donors (Lipinski definition) is 10. The van der Waals surface area contributed by atoms with Gasteiger partial charge in [0.15, 0.2) is 0 Å². The first-order valence-corrected chi connectivity index (χ1v) is 40.5. The number of aromatic carboxylic acids is 2. The number of carbonyl (C=O) groups is 8. The van der Waals surface area contributed by atoms with E-state index in [9.17, 15) is 38.4 Å². The Labute approximate surface area is 724 Å². The molecule has 0 saturated carbocycles. The van der Waals surface area contributed by atoms with Crippen LogP contribution in [0.1, 0.15) is 279 Å². The Morgan fingerprint density at radius 1 is 0.393 bits per heavy atom. The van der Waals surface area contributed by atoms with Crippen LogP contribution >= 0.6 is 23.2 Å². The molecule has 4 amide bonds. The number of nitrogen functional groups attached to an aromatic ring is 2. The van der Waals surface area contributed by atoms with E-state index in [-0.39, 0.29) is 73.5 Å². The first kappa shape index (κ1) is 101. The third kappa shape index (κ3) is 34.0. The fourth-order valence-corrected chi connectivity index (χ4v) is 11.1. The molecular weight excluding hydrogens is 1600 g/mol. The maximum Gasteiger partial charge on any atom is 0.335 e. The summed E-state index contributed by atoms with van der Waals surface area (Å²) in [7, 11) is 0. The molecule has 12 N–H and O–H groups in total. The van der Waals surface area contributed by atoms with Crippen LogP contribution < -0.4 is 58.8 Å². The largest absolute Gasteiger partial charge is 0.494 e. The molecule has 0 radical (unpaired) electrons. The van der Waals surface area contributed by atoms with Crippen molar-refractivity contribution in [2.24, 2.45) is 29.4 Å². The van der Waals surface area contributed by atoms with Gasteiger partial charge in [0.2, 0.25) is 23.6 Å². The van der Waals surface area contributed by atoms with Gasteiger partial charge < -0.3 is 33.3 Å². The average Bonchev–Trinajstić information content (AvgIpc) is 1.59. The highest BCUT2D eigenvalue weighted by molar-refractivity contribution is 6.69. The third-order valence-corrected chi connectivity index (χ3v) is 18.4. The number of nitrogens with one attached hydrogen (secondary N) is 6. The number of hydrazine groups is 4. The molecule has 0 spiro atoms. The lowest BCUT2D eigenvalue weighted by Gasteiger charge is -2.21. The zero-order chi connectivity index (χ0) is 91.3. The van der Waals surface area contributed by atoms with Gasteiger partial charge in [-0.2, -0.15) is 0 Å². The van der Waals surface area contributed by atoms with Gasteiger partial charge in [0.25, 0.3) is 34.1 Å². The van der Waals surface area contributed by atoms with Gasteiger partial charge in [-0.1, -0.05) is 131 Å². The van der Waals surface area contributed by atoms with Crippen molar-refractivity contribution in [2.45, 2.75) is 200 Å². The molecule has 658 valence electrons. The summed E-state index contributed by atoms with van der Waals surface area (Å²) in [4.78, 5) is 103. The average molecular weight is 1720 g/mol. The van der Waals surface area contributed by atoms with Crippen molar-refractivity contribution in [3.8, 4) is 51.6 Å². The summed E-state index contributed by atoms with van der Waals surface area (Å²) < 4.78 is 29.1. The number of aryl methyl sites for hydroxylation is 3. The van der Waals surface area contributed by atoms with Crippen molar-refractivity contribution in [3.63, 3.8) is 0 Å². The van der Waals surface area contributed by atoms with Crippen molar-refractivity contribution in [2.75, 3.05) is 26.4 Å². The Morgan fingerprint density at radius 3 is 1.12 bits per heavy atom. The van der Waals surface area contributed by atoms with Crippen molar-refractivity contribution in [1.82, 2.24) is 53.3 Å². The van der Waals surface area contributed by atoms with Crippen molar-refractivity contribution in [1.29, 1.82) is 0 Å². The van der Waals surface area contributed by atoms with Crippen LogP contribution in [-0.2, 0) is 37.9 Å². The Kier molecular flexibility index (Phi) is 38.7. The van der Waals surface area contributed by atoms with Gasteiger partial charge in [-0.15, -0.1) is 31.6 Å². The number of ether oxygens (including phenoxy) is 3. The van der Waals surface area contributed by atoms with E-state index in [4.69, 9.17) is 77.8 Å². The predicted molar refractivity (Wildman–Crippen MR) is 470 cm³/mol. The van der Waals surface area contributed by atoms with Gasteiger partial charge in [0.1, 0.15) is 17.2 Å². The molecule has 7 aromatic carbocycles. The van der Waals surface area contributed by atoms with Crippen molar-refractivity contribution in [3.05, 3.63) is 217 Å². The number of rotatable bonds is 30. The molecule has 0 bridgehead atoms. The Morgan fingerprint density at radius 2 is 0.730 bits per heavy atom. The van der Waals surface area contributed by atoms with Gasteiger partial charge >= 0.3 is 11.9 Å². The van der Waals surface area contributed by atoms with E-state index in [0.29, 0.717) is 95.9 Å². The van der Waals surface area contributed by atoms with Gasteiger partial charge in [0, 0.05) is 57.0 Å². The third-order valence-electron chi connectivity index (χ3n) is 18.0. The number of halogens is 2. The number of carboxylic acid groups (broad SMARTS) is 2. The second-order valence-electron chi connectivity index (χ2n) is 34.2. The minimum absolute atomic E-state index is 0.00447. The van der Waals surface area contributed by atoms with E-state index in [2.05, 4.69) is 138 Å². The second kappa shape index (κ2) is 46.7. The molecule has 0 aliphatic rings. The lowest BCUT2D eigenvalue weighted by Crippen LogP contribution is -2.38. The first-order chi connectivity index (χ1) is 57.0. The summed E-state index contributed by atoms with van der Waals surface area (Å²) in [6.07, 6.45) is 2.80. The van der Waals surface area contributed by atoms with E-state index in [1.165, 1.54) is 42.5 Å². The summed E-state index contributed by atoms with van der Waals surface area (Å²) in [5, 5.41) is 33.4. The molecule has 0 saturated heterocycles. The minimum atomic E-state index is -1.12. The summed E-state index contributed by atoms with van der Waals surface area (Å²) in [6.45, 7) is 46.9. The van der Waals surface area contributed by atoms with Crippen LogP contribution in [0.25, 0.3) is 34.4 Å². The van der Waals surface area contributed by atoms with Crippen molar-refractivity contribution >= 4 is 69.3 Å². The van der Waals surface area contributed by atoms with E-state index in [0.717, 1.165) is 75.1 Å². The van der Waals surface area contributed by atoms with Crippen LogP contribution in [0.4, 0.5) is 0 Å². The molecular formula is C91H118Cl2N12O17. The van der Waals surface area contributed by atoms with E-state index >= 15 is 0 Å². The first-order valence-electron chi connectivity index (χ1n) is 39.7. The number of carbonyl (C=O) groups excluding carboxylic acids is 6. The number of hydrogen-bond acceptors (Lipinski definition) is 23. The highest BCUT2D eigenvalue weighted by Crippen LogP contribution is 2.36. The lowest BCUT2D eigenvalue weighted by molar-refractivity contribution is 0.000549. The van der Waals surface area contributed by atoms with Crippen LogP contribution in [0, 0.1) is 38.5 Å². The van der Waals surface area contributed by atoms with Crippen LogP contribution in [0.15, 0.2) is 136 Å². The van der Waals surface area contributed by atoms with Gasteiger partial charge in [-0.3, -0.25) is 60.1 Å². The summed E-state index contributed by atoms with van der Waals surface area (Å²) in [6, 6.07) is 36.4. The zero-order valence-electron chi connectivity index (χ0n) is 73.7. The Hall–Kier alpha value is -11.3. The van der Waals surface area contributed by atoms with Gasteiger partial charge in [-0.25, -0.2) is 21.3 Å². The molecule has 0 unspecified atom stereocenters. The van der Waals surface area contributed by atoms with Crippen LogP contribution in [-0.4, -0.2) is 103 Å². The highest BCUT2D eigenvalue weighted by Gasteiger charge is 2.25. The number of nitrogens with two attached hydrogens (primary N) is 2. The normalized spacial score (nSPS) is 11.3. The number of benzene rings is 7. The molecule has 0 aliphatic heterocycles. The van der Waals surface area contributed by atoms with E-state index < -0.39 is 34.2 Å². The molecule has 0 aliphatic carbocycles. The monoisotopic (exact) mass is 1720 g/mol. The Balaban J connectivity index is 0.000000283. The standard InChI is InChI=1S/C27H40N4O5.C27H32N4O3.C13H20N4O3.C12H12Cl2O2.C12H14O4/c1-8-35-30-28-26(33)22-13-20(14-23(15-22)27(5,6)7)17-36-31-29-25(32)21-11-19(4)12-24(16-21)34-10-9-18(2)3;1-16(2)8-9-32-23-11-17(3)10-19(15-23)25-30-31-26(34-25)21-12-20(24-29-28-18(4)33-24)13-22(14-21)27(5,6)7;1-8(2)3-4-20-11-6-9(12(18)16-14)5-10(7-11)13(19)17-15;1-12(2,3)9-5-7(10(13)15)4-8(6-9)11(14)16;1-12(2,3)9-5-7(10(13)14)4-8(6-9)11(15)16/h11-16,18,30-31H,8-10,17H2,1-7H3,(H,28,33)(H,29,32);10-16H,8-9H2,1-7H3;5-8H,3-4,14-15H2,1-2H3,(H,16,18)(H,17,19);4-6H,1-3H3;4-6H,1-3H3,(H,13,14)(H,15,16). The maximum atomic E-state index is 12.6. The van der Waals surface area contributed by atoms with Gasteiger partial charge in [0.05, 0.1) is 44.2 Å². The van der Waals surface area contributed by atoms with Gasteiger partial charge in [-0.05, 0) is 263 Å². The molecule has 31 heteroatoms. The zero-order valence-corrected chi connectivity index (χ0v) is 75.2. The molecule has 0 atom stereocenters. The quantitative estimate of drug-likeness (QED) is 0.00657. The van der Waals surface area contributed by atoms with E-state index in [1.54, 1.807) is 44.2 Å². The number of amides is 4. The smallest absolute Gasteiger partial charge is 0.335 e. The summed E-state index contributed by atoms with van der Waals surface area (Å²) >= 11 is 10.8. The number of carboxylic acids is 2. The molecule has 29 nitrogen and oxygen atoms in total. The SMILES string of the molecule is CC(C)(C)c1cc(C(=O)Cl)cc(C(=O)Cl)c1.CC(C)(C)c1cc(C(=O)O)cc(C(=O)O)c1.CC(C)CCOc1cc(C(=O)NN)cc(C(=O)NN)c1.CCONNC(=O)c1cc(CONNC(=O)c2cc(C)cc(OCCC(C)C)c2)cc(C(C)(C)C)c1.Cc1cc(OCCC(C)C)cc(-c2nnc(-c3cc(-c4nnc(C)o4)cc(C(C)(C)C)c3)o2)c1. The van der Waals surface area contributed by atoms with Crippen molar-refractivity contribution < 1.29 is 81.3 Å². The summed E-state index contributed by atoms with van der Waals surface area (Å²) in [5.74, 6) is 11.6. The molecule has 9 aromatic rings. The summed E-state index contributed by atoms with van der Waals surface area (Å²) in [5.41, 5.74) is 24.0.